The number of aryl methyl sites for hydroxylation is 2. The number of nitrogens with one attached hydrogen (secondary N) is 1. The molecule has 2 rings (SSSR count). The molecule has 0 aromatic heterocycles. The van der Waals surface area contributed by atoms with Crippen molar-refractivity contribution >= 4 is 23.4 Å². The maximum atomic E-state index is 13.1. The fourth-order valence-corrected chi connectivity index (χ4v) is 3.14. The van der Waals surface area contributed by atoms with Crippen LogP contribution in [0.1, 0.15) is 43.9 Å². The summed E-state index contributed by atoms with van der Waals surface area (Å²) in [5, 5.41) is 3.58. The molecule has 6 heteroatoms. The Morgan fingerprint density at radius 1 is 1.10 bits per heavy atom. The van der Waals surface area contributed by atoms with Crippen LogP contribution in [0.5, 0.6) is 5.75 Å². The summed E-state index contributed by atoms with van der Waals surface area (Å²) in [4.78, 5) is 27.3. The standard InChI is InChI=1S/C24H31ClN2O3/c1-6-18(4)26-24(29)19(5)27(14-20-8-10-21(25)11-9-20)23(28)15-30-22-12-7-16(2)13-17(22)3/h7-13,18-19H,6,14-15H2,1-5H3,(H,26,29)/t18-,19+/m1/s1. The van der Waals surface area contributed by atoms with Gasteiger partial charge in [-0.1, -0.05) is 48.4 Å². The fourth-order valence-electron chi connectivity index (χ4n) is 3.02. The van der Waals surface area contributed by atoms with Gasteiger partial charge in [-0.2, -0.15) is 0 Å². The summed E-state index contributed by atoms with van der Waals surface area (Å²) in [5.74, 6) is 0.229. The molecule has 162 valence electrons. The van der Waals surface area contributed by atoms with Gasteiger partial charge in [-0.25, -0.2) is 0 Å². The molecule has 30 heavy (non-hydrogen) atoms. The Balaban J connectivity index is 2.16. The largest absolute Gasteiger partial charge is 0.483 e. The van der Waals surface area contributed by atoms with E-state index in [0.717, 1.165) is 23.1 Å². The molecule has 0 bridgehead atoms. The predicted octanol–water partition coefficient (Wildman–Crippen LogP) is 4.67. The first kappa shape index (κ1) is 23.7. The Hall–Kier alpha value is -2.53. The van der Waals surface area contributed by atoms with Gasteiger partial charge >= 0.3 is 0 Å². The predicted molar refractivity (Wildman–Crippen MR) is 121 cm³/mol. The summed E-state index contributed by atoms with van der Waals surface area (Å²) >= 11 is 5.98. The Labute approximate surface area is 184 Å². The molecule has 2 atom stereocenters. The number of halogens is 1. The van der Waals surface area contributed by atoms with Crippen molar-refractivity contribution in [2.45, 2.75) is 59.7 Å². The van der Waals surface area contributed by atoms with Crippen LogP contribution < -0.4 is 10.1 Å². The van der Waals surface area contributed by atoms with Crippen LogP contribution in [-0.4, -0.2) is 35.4 Å². The average molecular weight is 431 g/mol. The summed E-state index contributed by atoms with van der Waals surface area (Å²) in [5.41, 5.74) is 2.99. The van der Waals surface area contributed by atoms with E-state index < -0.39 is 6.04 Å². The normalized spacial score (nSPS) is 12.7. The molecule has 0 saturated heterocycles. The van der Waals surface area contributed by atoms with Gasteiger partial charge in [0.2, 0.25) is 5.91 Å². The molecule has 0 aliphatic heterocycles. The smallest absolute Gasteiger partial charge is 0.261 e. The second kappa shape index (κ2) is 11.0. The lowest BCUT2D eigenvalue weighted by molar-refractivity contribution is -0.142. The Kier molecular flexibility index (Phi) is 8.72. The lowest BCUT2D eigenvalue weighted by atomic mass is 10.1. The van der Waals surface area contributed by atoms with Crippen molar-refractivity contribution in [2.75, 3.05) is 6.61 Å². The van der Waals surface area contributed by atoms with E-state index in [4.69, 9.17) is 16.3 Å². The molecule has 0 saturated carbocycles. The SMILES string of the molecule is CC[C@@H](C)NC(=O)[C@H](C)N(Cc1ccc(Cl)cc1)C(=O)COc1ccc(C)cc1C. The highest BCUT2D eigenvalue weighted by Crippen LogP contribution is 2.19. The van der Waals surface area contributed by atoms with Gasteiger partial charge in [-0.05, 0) is 63.4 Å². The van der Waals surface area contributed by atoms with Crippen LogP contribution in [0, 0.1) is 13.8 Å². The Morgan fingerprint density at radius 2 is 1.77 bits per heavy atom. The van der Waals surface area contributed by atoms with Gasteiger partial charge in [0.05, 0.1) is 0 Å². The highest BCUT2D eigenvalue weighted by molar-refractivity contribution is 6.30. The molecule has 1 N–H and O–H groups in total. The summed E-state index contributed by atoms with van der Waals surface area (Å²) in [6, 6.07) is 12.5. The molecule has 0 aliphatic carbocycles. The van der Waals surface area contributed by atoms with Gasteiger partial charge in [0.25, 0.3) is 5.91 Å². The molecular weight excluding hydrogens is 400 g/mol. The number of nitrogens with zero attached hydrogens (tertiary/aromatic N) is 1. The monoisotopic (exact) mass is 430 g/mol. The number of carbonyl (C=O) groups excluding carboxylic acids is 2. The number of hydrogen-bond donors (Lipinski definition) is 1. The van der Waals surface area contributed by atoms with Gasteiger partial charge in [-0.3, -0.25) is 9.59 Å². The van der Waals surface area contributed by atoms with E-state index in [1.165, 1.54) is 0 Å². The van der Waals surface area contributed by atoms with E-state index in [-0.39, 0.29) is 24.5 Å². The van der Waals surface area contributed by atoms with E-state index in [1.54, 1.807) is 24.0 Å². The third kappa shape index (κ3) is 6.77. The number of rotatable bonds is 9. The third-order valence-corrected chi connectivity index (χ3v) is 5.37. The minimum Gasteiger partial charge on any atom is -0.483 e. The van der Waals surface area contributed by atoms with Crippen molar-refractivity contribution < 1.29 is 14.3 Å². The van der Waals surface area contributed by atoms with Gasteiger partial charge in [0.15, 0.2) is 6.61 Å². The quantitative estimate of drug-likeness (QED) is 0.629. The first-order chi connectivity index (χ1) is 14.2. The highest BCUT2D eigenvalue weighted by Gasteiger charge is 2.27. The summed E-state index contributed by atoms with van der Waals surface area (Å²) in [6.07, 6.45) is 0.819. The first-order valence-corrected chi connectivity index (χ1v) is 10.6. The van der Waals surface area contributed by atoms with Gasteiger partial charge in [-0.15, -0.1) is 0 Å². The van der Waals surface area contributed by atoms with Gasteiger partial charge < -0.3 is 15.0 Å². The maximum Gasteiger partial charge on any atom is 0.261 e. The van der Waals surface area contributed by atoms with Crippen molar-refractivity contribution in [3.8, 4) is 5.75 Å². The highest BCUT2D eigenvalue weighted by atomic mass is 35.5. The Morgan fingerprint density at radius 3 is 2.37 bits per heavy atom. The van der Waals surface area contributed by atoms with Crippen LogP contribution in [-0.2, 0) is 16.1 Å². The molecule has 0 unspecified atom stereocenters. The van der Waals surface area contributed by atoms with E-state index >= 15 is 0 Å². The second-order valence-corrected chi connectivity index (χ2v) is 8.14. The molecular formula is C24H31ClN2O3. The molecule has 2 amide bonds. The number of amides is 2. The van der Waals surface area contributed by atoms with Crippen LogP contribution in [0.2, 0.25) is 5.02 Å². The van der Waals surface area contributed by atoms with Crippen molar-refractivity contribution in [3.05, 3.63) is 64.2 Å². The van der Waals surface area contributed by atoms with Crippen molar-refractivity contribution in [1.82, 2.24) is 10.2 Å². The minimum atomic E-state index is -0.634. The zero-order valence-corrected chi connectivity index (χ0v) is 19.1. The van der Waals surface area contributed by atoms with Crippen LogP contribution in [0.3, 0.4) is 0 Å². The minimum absolute atomic E-state index is 0.0406. The first-order valence-electron chi connectivity index (χ1n) is 10.3. The second-order valence-electron chi connectivity index (χ2n) is 7.70. The lowest BCUT2D eigenvalue weighted by Crippen LogP contribution is -2.50. The number of ether oxygens (including phenoxy) is 1. The van der Waals surface area contributed by atoms with E-state index in [0.29, 0.717) is 17.3 Å². The number of hydrogen-bond acceptors (Lipinski definition) is 3. The van der Waals surface area contributed by atoms with E-state index in [2.05, 4.69) is 5.32 Å². The van der Waals surface area contributed by atoms with Crippen LogP contribution in [0.4, 0.5) is 0 Å². The molecule has 5 nitrogen and oxygen atoms in total. The topological polar surface area (TPSA) is 58.6 Å². The van der Waals surface area contributed by atoms with E-state index in [9.17, 15) is 9.59 Å². The average Bonchev–Trinajstić information content (AvgIpc) is 2.71. The maximum absolute atomic E-state index is 13.1. The zero-order valence-electron chi connectivity index (χ0n) is 18.4. The molecule has 0 fully saturated rings. The molecule has 2 aromatic carbocycles. The lowest BCUT2D eigenvalue weighted by Gasteiger charge is -2.29. The Bertz CT molecular complexity index is 867. The molecule has 0 aliphatic rings. The summed E-state index contributed by atoms with van der Waals surface area (Å²) in [7, 11) is 0. The number of carbonyl (C=O) groups is 2. The van der Waals surface area contributed by atoms with Gasteiger partial charge in [0, 0.05) is 17.6 Å². The molecule has 0 radical (unpaired) electrons. The van der Waals surface area contributed by atoms with Crippen molar-refractivity contribution in [3.63, 3.8) is 0 Å². The zero-order chi connectivity index (χ0) is 22.3. The van der Waals surface area contributed by atoms with Crippen LogP contribution in [0.25, 0.3) is 0 Å². The fraction of sp³-hybridized carbons (Fsp3) is 0.417. The van der Waals surface area contributed by atoms with Crippen molar-refractivity contribution in [2.24, 2.45) is 0 Å². The summed E-state index contributed by atoms with van der Waals surface area (Å²) < 4.78 is 5.78. The van der Waals surface area contributed by atoms with Crippen LogP contribution >= 0.6 is 11.6 Å². The van der Waals surface area contributed by atoms with Crippen LogP contribution in [0.15, 0.2) is 42.5 Å². The summed E-state index contributed by atoms with van der Waals surface area (Å²) in [6.45, 7) is 9.79. The van der Waals surface area contributed by atoms with E-state index in [1.807, 2.05) is 58.0 Å². The molecule has 0 heterocycles. The molecule has 0 spiro atoms. The number of benzene rings is 2. The van der Waals surface area contributed by atoms with Gasteiger partial charge in [0.1, 0.15) is 11.8 Å². The third-order valence-electron chi connectivity index (χ3n) is 5.12. The molecule has 2 aromatic rings. The van der Waals surface area contributed by atoms with Crippen molar-refractivity contribution in [1.29, 1.82) is 0 Å².